The summed E-state index contributed by atoms with van der Waals surface area (Å²) in [6.45, 7) is 5.21. The molecule has 0 aromatic carbocycles. The zero-order valence-corrected chi connectivity index (χ0v) is 6.50. The van der Waals surface area contributed by atoms with Gasteiger partial charge in [-0.3, -0.25) is 9.78 Å². The van der Waals surface area contributed by atoms with Crippen LogP contribution in [-0.4, -0.2) is 10.8 Å². The lowest BCUT2D eigenvalue weighted by molar-refractivity contribution is -0.116. The van der Waals surface area contributed by atoms with Crippen molar-refractivity contribution in [1.82, 2.24) is 4.98 Å². The molecule has 0 aliphatic carbocycles. The summed E-state index contributed by atoms with van der Waals surface area (Å²) >= 11 is 0. The lowest BCUT2D eigenvalue weighted by Gasteiger charge is -1.96. The van der Waals surface area contributed by atoms with Crippen LogP contribution in [0.15, 0.2) is 18.3 Å². The number of carbonyl (C=O) groups is 1. The van der Waals surface area contributed by atoms with E-state index in [2.05, 4.69) is 11.9 Å². The number of aromatic nitrogens is 1. The van der Waals surface area contributed by atoms with E-state index in [9.17, 15) is 4.79 Å². The first-order chi connectivity index (χ1) is 5.18. The van der Waals surface area contributed by atoms with E-state index in [-0.39, 0.29) is 5.78 Å². The Morgan fingerprint density at radius 3 is 2.82 bits per heavy atom. The molecule has 1 heterocycles. The van der Waals surface area contributed by atoms with Gasteiger partial charge in [-0.15, -0.1) is 0 Å². The van der Waals surface area contributed by atoms with Crippen molar-refractivity contribution in [2.75, 3.05) is 0 Å². The van der Waals surface area contributed by atoms with E-state index in [0.29, 0.717) is 6.42 Å². The van der Waals surface area contributed by atoms with Gasteiger partial charge in [0, 0.05) is 18.3 Å². The smallest absolute Gasteiger partial charge is 0.134 e. The summed E-state index contributed by atoms with van der Waals surface area (Å²) < 4.78 is 0. The minimum Gasteiger partial charge on any atom is -0.300 e. The van der Waals surface area contributed by atoms with Crippen LogP contribution in [0.4, 0.5) is 0 Å². The predicted octanol–water partition coefficient (Wildman–Crippen LogP) is 1.40. The molecule has 1 aromatic heterocycles. The van der Waals surface area contributed by atoms with Gasteiger partial charge in [0.1, 0.15) is 5.78 Å². The van der Waals surface area contributed by atoms with Crippen molar-refractivity contribution in [3.8, 4) is 0 Å². The first kappa shape index (κ1) is 7.92. The molecule has 0 saturated heterocycles. The third-order valence-corrected chi connectivity index (χ3v) is 1.34. The molecule has 0 saturated carbocycles. The molecule has 11 heavy (non-hydrogen) atoms. The van der Waals surface area contributed by atoms with E-state index < -0.39 is 0 Å². The van der Waals surface area contributed by atoms with Crippen molar-refractivity contribution in [3.05, 3.63) is 36.5 Å². The van der Waals surface area contributed by atoms with E-state index in [1.165, 1.54) is 0 Å². The molecule has 0 spiro atoms. The predicted molar refractivity (Wildman–Crippen MR) is 43.1 cm³/mol. The molecule has 0 aliphatic rings. The summed E-state index contributed by atoms with van der Waals surface area (Å²) in [6.07, 6.45) is 2.15. The van der Waals surface area contributed by atoms with Gasteiger partial charge in [-0.1, -0.05) is 6.07 Å². The number of hydrogen-bond donors (Lipinski definition) is 0. The Bertz CT molecular complexity index is 251. The second kappa shape index (κ2) is 3.28. The Kier molecular flexibility index (Phi) is 2.36. The Labute approximate surface area is 66.3 Å². The van der Waals surface area contributed by atoms with Crippen molar-refractivity contribution in [2.45, 2.75) is 13.3 Å². The maximum Gasteiger partial charge on any atom is 0.134 e. The molecule has 1 rings (SSSR count). The monoisotopic (exact) mass is 148 g/mol. The second-order valence-electron chi connectivity index (χ2n) is 2.54. The van der Waals surface area contributed by atoms with Gasteiger partial charge in [0.05, 0.1) is 0 Å². The zero-order chi connectivity index (χ0) is 8.27. The van der Waals surface area contributed by atoms with Gasteiger partial charge < -0.3 is 0 Å². The van der Waals surface area contributed by atoms with Crippen molar-refractivity contribution >= 4 is 5.78 Å². The maximum atomic E-state index is 10.7. The fraction of sp³-hybridized carbons (Fsp3) is 0.222. The first-order valence-electron chi connectivity index (χ1n) is 3.45. The van der Waals surface area contributed by atoms with Gasteiger partial charge in [-0.05, 0) is 25.5 Å². The van der Waals surface area contributed by atoms with Gasteiger partial charge >= 0.3 is 0 Å². The minimum atomic E-state index is 0.156. The highest BCUT2D eigenvalue weighted by molar-refractivity contribution is 5.78. The van der Waals surface area contributed by atoms with Crippen LogP contribution in [0.5, 0.6) is 0 Å². The molecular formula is C9H10NO. The van der Waals surface area contributed by atoms with Crippen LogP contribution >= 0.6 is 0 Å². The summed E-state index contributed by atoms with van der Waals surface area (Å²) in [5, 5.41) is 0. The highest BCUT2D eigenvalue weighted by atomic mass is 16.1. The van der Waals surface area contributed by atoms with Crippen LogP contribution in [0.1, 0.15) is 18.2 Å². The highest BCUT2D eigenvalue weighted by Gasteiger charge is 1.96. The summed E-state index contributed by atoms with van der Waals surface area (Å²) in [5.41, 5.74) is 1.68. The Hall–Kier alpha value is -1.18. The number of hydrogen-bond acceptors (Lipinski definition) is 2. The lowest BCUT2D eigenvalue weighted by Crippen LogP contribution is -1.96. The molecular weight excluding hydrogens is 138 g/mol. The average molecular weight is 148 g/mol. The summed E-state index contributed by atoms with van der Waals surface area (Å²) in [4.78, 5) is 14.6. The SMILES string of the molecule is [CH2]c1ccc(CC(C)=O)cn1. The molecule has 0 unspecified atom stereocenters. The first-order valence-corrected chi connectivity index (χ1v) is 3.45. The third-order valence-electron chi connectivity index (χ3n) is 1.34. The zero-order valence-electron chi connectivity index (χ0n) is 6.50. The van der Waals surface area contributed by atoms with Crippen LogP contribution in [0.3, 0.4) is 0 Å². The molecule has 2 nitrogen and oxygen atoms in total. The average Bonchev–Trinajstić information content (AvgIpc) is 1.93. The van der Waals surface area contributed by atoms with Crippen molar-refractivity contribution < 1.29 is 4.79 Å². The van der Waals surface area contributed by atoms with Gasteiger partial charge in [-0.25, -0.2) is 0 Å². The number of nitrogens with zero attached hydrogens (tertiary/aromatic N) is 1. The van der Waals surface area contributed by atoms with E-state index in [0.717, 1.165) is 11.3 Å². The Morgan fingerprint density at radius 2 is 2.36 bits per heavy atom. The van der Waals surface area contributed by atoms with Crippen LogP contribution in [0.2, 0.25) is 0 Å². The standard InChI is InChI=1S/C9H10NO/c1-7-3-4-9(6-10-7)5-8(2)11/h3-4,6H,1,5H2,2H3. The molecule has 2 heteroatoms. The van der Waals surface area contributed by atoms with Crippen molar-refractivity contribution in [3.63, 3.8) is 0 Å². The quantitative estimate of drug-likeness (QED) is 0.634. The summed E-state index contributed by atoms with van der Waals surface area (Å²) in [6, 6.07) is 3.68. The largest absolute Gasteiger partial charge is 0.300 e. The maximum absolute atomic E-state index is 10.7. The molecule has 57 valence electrons. The van der Waals surface area contributed by atoms with Crippen LogP contribution in [0, 0.1) is 6.92 Å². The highest BCUT2D eigenvalue weighted by Crippen LogP contribution is 2.00. The summed E-state index contributed by atoms with van der Waals surface area (Å²) in [5.74, 6) is 0.156. The van der Waals surface area contributed by atoms with Crippen molar-refractivity contribution in [2.24, 2.45) is 0 Å². The van der Waals surface area contributed by atoms with Crippen LogP contribution < -0.4 is 0 Å². The molecule has 0 aliphatic heterocycles. The van der Waals surface area contributed by atoms with E-state index in [4.69, 9.17) is 0 Å². The number of rotatable bonds is 2. The normalized spacial score (nSPS) is 9.64. The van der Waals surface area contributed by atoms with E-state index in [1.807, 2.05) is 6.07 Å². The number of pyridine rings is 1. The molecule has 0 N–H and O–H groups in total. The lowest BCUT2D eigenvalue weighted by atomic mass is 10.1. The van der Waals surface area contributed by atoms with Crippen molar-refractivity contribution in [1.29, 1.82) is 0 Å². The molecule has 0 amide bonds. The topological polar surface area (TPSA) is 30.0 Å². The number of Topliss-reactive ketones (excluding diaryl/α,β-unsaturated/α-hetero) is 1. The van der Waals surface area contributed by atoms with Crippen LogP contribution in [0.25, 0.3) is 0 Å². The fourth-order valence-electron chi connectivity index (χ4n) is 0.847. The molecule has 0 atom stereocenters. The van der Waals surface area contributed by atoms with Gasteiger partial charge in [0.25, 0.3) is 0 Å². The molecule has 1 aromatic rings. The Morgan fingerprint density at radius 1 is 1.64 bits per heavy atom. The number of carbonyl (C=O) groups excluding carboxylic acids is 1. The minimum absolute atomic E-state index is 0.156. The third kappa shape index (κ3) is 2.50. The van der Waals surface area contributed by atoms with Gasteiger partial charge in [-0.2, -0.15) is 0 Å². The summed E-state index contributed by atoms with van der Waals surface area (Å²) in [7, 11) is 0. The second-order valence-corrected chi connectivity index (χ2v) is 2.54. The Balaban J connectivity index is 2.74. The van der Waals surface area contributed by atoms with Crippen LogP contribution in [-0.2, 0) is 11.2 Å². The molecule has 0 fully saturated rings. The van der Waals surface area contributed by atoms with Gasteiger partial charge in [0.15, 0.2) is 0 Å². The molecule has 0 bridgehead atoms. The number of ketones is 1. The van der Waals surface area contributed by atoms with E-state index in [1.54, 1.807) is 19.2 Å². The fourth-order valence-corrected chi connectivity index (χ4v) is 0.847. The van der Waals surface area contributed by atoms with E-state index >= 15 is 0 Å². The molecule has 1 radical (unpaired) electrons. The van der Waals surface area contributed by atoms with Gasteiger partial charge in [0.2, 0.25) is 0 Å².